The van der Waals surface area contributed by atoms with Crippen LogP contribution in [0, 0.1) is 6.92 Å². The molecule has 0 bridgehead atoms. The number of fused-ring (bicyclic) bond motifs is 1. The Morgan fingerprint density at radius 1 is 1.17 bits per heavy atom. The van der Waals surface area contributed by atoms with E-state index in [1.807, 2.05) is 6.92 Å². The van der Waals surface area contributed by atoms with Gasteiger partial charge in [0.15, 0.2) is 27.2 Å². The quantitative estimate of drug-likeness (QED) is 0.834. The number of hydrogen-bond acceptors (Lipinski definition) is 6. The number of aromatic nitrogens is 1. The van der Waals surface area contributed by atoms with E-state index >= 15 is 0 Å². The van der Waals surface area contributed by atoms with Crippen LogP contribution in [0.4, 0.5) is 0 Å². The average Bonchev–Trinajstić information content (AvgIpc) is 2.86. The van der Waals surface area contributed by atoms with Crippen molar-refractivity contribution in [1.29, 1.82) is 0 Å². The Hall–Kier alpha value is -2.02. The highest BCUT2D eigenvalue weighted by atomic mass is 32.2. The van der Waals surface area contributed by atoms with E-state index in [1.54, 1.807) is 13.0 Å². The van der Waals surface area contributed by atoms with E-state index < -0.39 is 9.84 Å². The standard InChI is InChI=1S/C16H19NO5S/c1-3-4-16-17-11(2)15(22-16)10-23(18,19)12-5-6-13-14(9-12)21-8-7-20-13/h5-6,9H,3-4,7-8,10H2,1-2H3. The highest BCUT2D eigenvalue weighted by Crippen LogP contribution is 2.33. The topological polar surface area (TPSA) is 78.6 Å². The SMILES string of the molecule is CCCc1nc(C)c(CS(=O)(=O)c2ccc3c(c2)OCCO3)o1. The molecule has 7 heteroatoms. The fourth-order valence-corrected chi connectivity index (χ4v) is 3.76. The highest BCUT2D eigenvalue weighted by molar-refractivity contribution is 7.90. The summed E-state index contributed by atoms with van der Waals surface area (Å²) < 4.78 is 41.7. The molecule has 1 aliphatic rings. The Labute approximate surface area is 135 Å². The summed E-state index contributed by atoms with van der Waals surface area (Å²) in [6.45, 7) is 4.66. The van der Waals surface area contributed by atoms with Crippen molar-refractivity contribution in [3.63, 3.8) is 0 Å². The summed E-state index contributed by atoms with van der Waals surface area (Å²) >= 11 is 0. The molecular weight excluding hydrogens is 318 g/mol. The van der Waals surface area contributed by atoms with Gasteiger partial charge in [-0.15, -0.1) is 0 Å². The molecule has 0 unspecified atom stereocenters. The van der Waals surface area contributed by atoms with Crippen LogP contribution in [0.3, 0.4) is 0 Å². The molecule has 0 fully saturated rings. The van der Waals surface area contributed by atoms with Gasteiger partial charge in [-0.05, 0) is 25.5 Å². The number of aryl methyl sites for hydroxylation is 2. The van der Waals surface area contributed by atoms with Crippen LogP contribution in [0.1, 0.15) is 30.7 Å². The molecule has 0 saturated carbocycles. The summed E-state index contributed by atoms with van der Waals surface area (Å²) in [5, 5.41) is 0. The monoisotopic (exact) mass is 337 g/mol. The largest absolute Gasteiger partial charge is 0.486 e. The van der Waals surface area contributed by atoms with Crippen LogP contribution in [0.25, 0.3) is 0 Å². The van der Waals surface area contributed by atoms with Gasteiger partial charge in [-0.1, -0.05) is 6.92 Å². The zero-order valence-corrected chi connectivity index (χ0v) is 14.0. The minimum atomic E-state index is -3.54. The molecule has 0 N–H and O–H groups in total. The van der Waals surface area contributed by atoms with E-state index in [-0.39, 0.29) is 10.6 Å². The van der Waals surface area contributed by atoms with Gasteiger partial charge in [-0.3, -0.25) is 0 Å². The number of benzene rings is 1. The van der Waals surface area contributed by atoms with Gasteiger partial charge in [0.05, 0.1) is 10.6 Å². The normalized spacial score (nSPS) is 14.0. The second kappa shape index (κ2) is 6.23. The molecular formula is C16H19NO5S. The van der Waals surface area contributed by atoms with Gasteiger partial charge in [0.2, 0.25) is 0 Å². The van der Waals surface area contributed by atoms with Crippen LogP contribution < -0.4 is 9.47 Å². The molecule has 0 aliphatic carbocycles. The maximum Gasteiger partial charge on any atom is 0.194 e. The molecule has 0 spiro atoms. The molecule has 0 atom stereocenters. The van der Waals surface area contributed by atoms with Gasteiger partial charge >= 0.3 is 0 Å². The van der Waals surface area contributed by atoms with Crippen molar-refractivity contribution in [1.82, 2.24) is 4.98 Å². The summed E-state index contributed by atoms with van der Waals surface area (Å²) in [6, 6.07) is 4.65. The van der Waals surface area contributed by atoms with E-state index in [0.717, 1.165) is 6.42 Å². The average molecular weight is 337 g/mol. The molecule has 3 rings (SSSR count). The minimum Gasteiger partial charge on any atom is -0.486 e. The lowest BCUT2D eigenvalue weighted by Gasteiger charge is -2.18. The van der Waals surface area contributed by atoms with Crippen molar-refractivity contribution in [2.75, 3.05) is 13.2 Å². The number of rotatable bonds is 5. The van der Waals surface area contributed by atoms with Crippen LogP contribution in [-0.2, 0) is 22.0 Å². The smallest absolute Gasteiger partial charge is 0.194 e. The van der Waals surface area contributed by atoms with Crippen LogP contribution in [0.15, 0.2) is 27.5 Å². The van der Waals surface area contributed by atoms with E-state index in [9.17, 15) is 8.42 Å². The number of oxazole rings is 1. The Morgan fingerprint density at radius 3 is 2.65 bits per heavy atom. The summed E-state index contributed by atoms with van der Waals surface area (Å²) in [5.74, 6) is 1.78. The molecule has 23 heavy (non-hydrogen) atoms. The zero-order valence-electron chi connectivity index (χ0n) is 13.2. The van der Waals surface area contributed by atoms with Crippen molar-refractivity contribution in [2.45, 2.75) is 37.3 Å². The molecule has 1 aromatic carbocycles. The Bertz CT molecular complexity index is 810. The molecule has 0 radical (unpaired) electrons. The first kappa shape index (κ1) is 15.9. The Morgan fingerprint density at radius 2 is 1.91 bits per heavy atom. The van der Waals surface area contributed by atoms with Crippen LogP contribution in [-0.4, -0.2) is 26.6 Å². The summed E-state index contributed by atoms with van der Waals surface area (Å²) in [5.41, 5.74) is 0.620. The Balaban J connectivity index is 1.87. The van der Waals surface area contributed by atoms with Gasteiger partial charge in [0.1, 0.15) is 24.7 Å². The van der Waals surface area contributed by atoms with Gasteiger partial charge in [0.25, 0.3) is 0 Å². The second-order valence-corrected chi connectivity index (χ2v) is 7.42. The number of ether oxygens (including phenoxy) is 2. The van der Waals surface area contributed by atoms with Gasteiger partial charge < -0.3 is 13.9 Å². The molecule has 0 amide bonds. The highest BCUT2D eigenvalue weighted by Gasteiger charge is 2.23. The molecule has 1 aromatic heterocycles. The Kier molecular flexibility index (Phi) is 4.30. The molecule has 2 heterocycles. The van der Waals surface area contributed by atoms with Crippen LogP contribution >= 0.6 is 0 Å². The maximum absolute atomic E-state index is 12.6. The first-order valence-electron chi connectivity index (χ1n) is 7.57. The molecule has 124 valence electrons. The van der Waals surface area contributed by atoms with Gasteiger partial charge in [0, 0.05) is 12.5 Å². The lowest BCUT2D eigenvalue weighted by atomic mass is 10.3. The molecule has 6 nitrogen and oxygen atoms in total. The first-order valence-corrected chi connectivity index (χ1v) is 9.22. The van der Waals surface area contributed by atoms with E-state index in [2.05, 4.69) is 4.98 Å². The fraction of sp³-hybridized carbons (Fsp3) is 0.438. The fourth-order valence-electron chi connectivity index (χ4n) is 2.42. The molecule has 2 aromatic rings. The van der Waals surface area contributed by atoms with Crippen molar-refractivity contribution < 1.29 is 22.3 Å². The molecule has 0 saturated heterocycles. The van der Waals surface area contributed by atoms with Crippen molar-refractivity contribution >= 4 is 9.84 Å². The third kappa shape index (κ3) is 3.34. The summed E-state index contributed by atoms with van der Waals surface area (Å²) in [7, 11) is -3.54. The zero-order chi connectivity index (χ0) is 16.4. The number of nitrogens with zero attached hydrogens (tertiary/aromatic N) is 1. The lowest BCUT2D eigenvalue weighted by Crippen LogP contribution is -2.16. The predicted molar refractivity (Wildman–Crippen MR) is 83.6 cm³/mol. The minimum absolute atomic E-state index is 0.189. The van der Waals surface area contributed by atoms with Gasteiger partial charge in [-0.25, -0.2) is 13.4 Å². The van der Waals surface area contributed by atoms with Crippen molar-refractivity contribution in [3.8, 4) is 11.5 Å². The summed E-state index contributed by atoms with van der Waals surface area (Å²) in [4.78, 5) is 4.46. The molecule has 1 aliphatic heterocycles. The predicted octanol–water partition coefficient (Wildman–Crippen LogP) is 2.68. The van der Waals surface area contributed by atoms with Crippen molar-refractivity contribution in [2.24, 2.45) is 0 Å². The number of sulfone groups is 1. The first-order chi connectivity index (χ1) is 11.0. The second-order valence-electron chi connectivity index (χ2n) is 5.43. The van der Waals surface area contributed by atoms with Gasteiger partial charge in [-0.2, -0.15) is 0 Å². The maximum atomic E-state index is 12.6. The third-order valence-corrected chi connectivity index (χ3v) is 5.21. The van der Waals surface area contributed by atoms with Crippen molar-refractivity contribution in [3.05, 3.63) is 35.5 Å². The lowest BCUT2D eigenvalue weighted by molar-refractivity contribution is 0.171. The van der Waals surface area contributed by atoms with Crippen LogP contribution in [0.5, 0.6) is 11.5 Å². The van der Waals surface area contributed by atoms with E-state index in [0.29, 0.717) is 48.5 Å². The summed E-state index contributed by atoms with van der Waals surface area (Å²) in [6.07, 6.45) is 1.60. The number of hydrogen-bond donors (Lipinski definition) is 0. The van der Waals surface area contributed by atoms with E-state index in [4.69, 9.17) is 13.9 Å². The third-order valence-electron chi connectivity index (χ3n) is 3.59. The van der Waals surface area contributed by atoms with E-state index in [1.165, 1.54) is 12.1 Å². The van der Waals surface area contributed by atoms with Crippen LogP contribution in [0.2, 0.25) is 0 Å².